The molecule has 2 saturated heterocycles. The molecule has 0 saturated carbocycles. The highest BCUT2D eigenvalue weighted by molar-refractivity contribution is 7.89. The van der Waals surface area contributed by atoms with E-state index in [2.05, 4.69) is 10.2 Å². The van der Waals surface area contributed by atoms with Gasteiger partial charge in [0.25, 0.3) is 20.0 Å². The molecule has 0 bridgehead atoms. The molecule has 0 atom stereocenters. The fourth-order valence-corrected chi connectivity index (χ4v) is 7.66. The van der Waals surface area contributed by atoms with Crippen molar-refractivity contribution in [2.24, 2.45) is 5.14 Å². The number of aryl methyl sites for hydroxylation is 2. The maximum absolute atomic E-state index is 13.9. The van der Waals surface area contributed by atoms with Crippen molar-refractivity contribution in [1.29, 1.82) is 0 Å². The van der Waals surface area contributed by atoms with Crippen LogP contribution in [0.5, 0.6) is 11.5 Å². The number of hydrogen-bond acceptors (Lipinski definition) is 12. The molecule has 0 unspecified atom stereocenters. The first-order valence-corrected chi connectivity index (χ1v) is 19.5. The molecular weight excluding hydrogens is 717 g/mol. The Morgan fingerprint density at radius 2 is 1.08 bits per heavy atom. The third kappa shape index (κ3) is 8.03. The highest BCUT2D eigenvalue weighted by Gasteiger charge is 2.45. The van der Waals surface area contributed by atoms with Gasteiger partial charge in [-0.3, -0.25) is 9.36 Å². The summed E-state index contributed by atoms with van der Waals surface area (Å²) < 4.78 is 87.1. The molecule has 0 amide bonds. The number of nitrogens with two attached hydrogens (primary N) is 1. The van der Waals surface area contributed by atoms with E-state index in [9.17, 15) is 16.8 Å². The molecule has 2 fully saturated rings. The number of benzene rings is 2. The summed E-state index contributed by atoms with van der Waals surface area (Å²) in [5.41, 5.74) is 1.75. The molecule has 2 aliphatic heterocycles. The van der Waals surface area contributed by atoms with E-state index in [0.717, 1.165) is 11.1 Å². The largest absolute Gasteiger partial charge is 0.497 e. The molecule has 284 valence electrons. The van der Waals surface area contributed by atoms with Crippen molar-refractivity contribution in [2.75, 3.05) is 54.9 Å². The second kappa shape index (κ2) is 16.0. The lowest BCUT2D eigenvalue weighted by Gasteiger charge is -2.39. The summed E-state index contributed by atoms with van der Waals surface area (Å²) in [5, 5.41) is 13.3. The molecule has 2 aliphatic rings. The normalized spacial score (nSPS) is 16.4. The van der Waals surface area contributed by atoms with E-state index in [1.54, 1.807) is 43.9 Å². The molecule has 0 spiro atoms. The van der Waals surface area contributed by atoms with Crippen LogP contribution >= 0.6 is 0 Å². The SMILES string of the molecule is CCn1nc(S(=O)(=O)N(Cc2ccc(OC)cc2)Cc2ccc(OC)cc2)cc1C1(OC)COC1.CCn1nc(S(N)(=O)=O)cc1C1(OC)COC1. The molecular formula is C34H46N6O10S2. The van der Waals surface area contributed by atoms with Gasteiger partial charge >= 0.3 is 0 Å². The number of sulfonamides is 2. The van der Waals surface area contributed by atoms with Crippen molar-refractivity contribution in [1.82, 2.24) is 23.9 Å². The predicted molar refractivity (Wildman–Crippen MR) is 189 cm³/mol. The Morgan fingerprint density at radius 1 is 0.692 bits per heavy atom. The molecule has 2 aromatic heterocycles. The third-order valence-corrected chi connectivity index (χ3v) is 11.6. The van der Waals surface area contributed by atoms with Crippen molar-refractivity contribution in [2.45, 2.75) is 61.3 Å². The summed E-state index contributed by atoms with van der Waals surface area (Å²) in [7, 11) is -1.40. The lowest BCUT2D eigenvalue weighted by atomic mass is 9.97. The summed E-state index contributed by atoms with van der Waals surface area (Å²) in [4.78, 5) is 0. The Morgan fingerprint density at radius 3 is 1.38 bits per heavy atom. The first kappa shape index (κ1) is 39.3. The average Bonchev–Trinajstić information content (AvgIpc) is 3.75. The van der Waals surface area contributed by atoms with Crippen molar-refractivity contribution >= 4 is 20.0 Å². The standard InChI is InChI=1S/C25H31N3O6S.C9H15N3O4S/c1-5-28-23(25(33-4)17-34-18-25)14-24(26-28)35(29,30)27(15-19-6-10-21(31-2)11-7-19)16-20-8-12-22(32-3)13-9-20;1-3-12-7(9(15-2)5-16-6-9)4-8(11-12)17(10,13)14/h6-14H,5,15-18H2,1-4H3;4H,3,5-6H2,1-2H3,(H2,10,13,14). The number of primary sulfonamides is 1. The van der Waals surface area contributed by atoms with Gasteiger partial charge in [-0.25, -0.2) is 22.0 Å². The monoisotopic (exact) mass is 762 g/mol. The van der Waals surface area contributed by atoms with Crippen LogP contribution in [0.4, 0.5) is 0 Å². The second-order valence-electron chi connectivity index (χ2n) is 12.3. The van der Waals surface area contributed by atoms with Gasteiger partial charge in [-0.15, -0.1) is 0 Å². The maximum Gasteiger partial charge on any atom is 0.263 e. The van der Waals surface area contributed by atoms with Crippen LogP contribution in [0.3, 0.4) is 0 Å². The van der Waals surface area contributed by atoms with E-state index in [1.807, 2.05) is 62.4 Å². The number of nitrogens with zero attached hydrogens (tertiary/aromatic N) is 5. The van der Waals surface area contributed by atoms with E-state index >= 15 is 0 Å². The zero-order valence-corrected chi connectivity index (χ0v) is 31.8. The first-order valence-electron chi connectivity index (χ1n) is 16.5. The summed E-state index contributed by atoms with van der Waals surface area (Å²) in [6.07, 6.45) is 0. The molecule has 52 heavy (non-hydrogen) atoms. The number of ether oxygens (including phenoxy) is 6. The molecule has 0 aliphatic carbocycles. The van der Waals surface area contributed by atoms with Crippen LogP contribution in [0.25, 0.3) is 0 Å². The molecule has 0 radical (unpaired) electrons. The van der Waals surface area contributed by atoms with Gasteiger partial charge in [-0.2, -0.15) is 14.5 Å². The Labute approximate surface area is 304 Å². The fraction of sp³-hybridized carbons (Fsp3) is 0.471. The zero-order valence-electron chi connectivity index (χ0n) is 30.1. The minimum atomic E-state index is -3.95. The molecule has 4 aromatic rings. The highest BCUT2D eigenvalue weighted by Crippen LogP contribution is 2.36. The molecule has 18 heteroatoms. The molecule has 2 aromatic carbocycles. The van der Waals surface area contributed by atoms with E-state index < -0.39 is 31.2 Å². The second-order valence-corrected chi connectivity index (χ2v) is 15.7. The molecule has 6 rings (SSSR count). The van der Waals surface area contributed by atoms with Gasteiger partial charge in [0.15, 0.2) is 21.3 Å². The number of methoxy groups -OCH3 is 4. The van der Waals surface area contributed by atoms with E-state index in [0.29, 0.717) is 62.4 Å². The predicted octanol–water partition coefficient (Wildman–Crippen LogP) is 2.61. The maximum atomic E-state index is 13.9. The number of hydrogen-bond donors (Lipinski definition) is 1. The fourth-order valence-electron chi connectivity index (χ4n) is 5.81. The van der Waals surface area contributed by atoms with Crippen LogP contribution in [-0.2, 0) is 76.4 Å². The Bertz CT molecular complexity index is 1960. The molecule has 2 N–H and O–H groups in total. The Hall–Kier alpha value is -3.88. The Kier molecular flexibility index (Phi) is 12.1. The Balaban J connectivity index is 0.000000257. The van der Waals surface area contributed by atoms with Crippen molar-refractivity contribution in [3.63, 3.8) is 0 Å². The quantitative estimate of drug-likeness (QED) is 0.187. The summed E-state index contributed by atoms with van der Waals surface area (Å²) in [6.45, 7) is 6.67. The third-order valence-electron chi connectivity index (χ3n) is 9.10. The molecule has 16 nitrogen and oxygen atoms in total. The summed E-state index contributed by atoms with van der Waals surface area (Å²) in [5.74, 6) is 1.41. The van der Waals surface area contributed by atoms with Gasteiger partial charge < -0.3 is 28.4 Å². The van der Waals surface area contributed by atoms with Crippen LogP contribution < -0.4 is 14.6 Å². The minimum Gasteiger partial charge on any atom is -0.497 e. The average molecular weight is 763 g/mol. The van der Waals surface area contributed by atoms with Crippen molar-refractivity contribution < 1.29 is 45.3 Å². The van der Waals surface area contributed by atoms with Crippen LogP contribution in [0.1, 0.15) is 36.4 Å². The first-order chi connectivity index (χ1) is 24.8. The van der Waals surface area contributed by atoms with E-state index in [1.165, 1.54) is 10.4 Å². The van der Waals surface area contributed by atoms with Gasteiger partial charge in [-0.05, 0) is 49.2 Å². The van der Waals surface area contributed by atoms with Gasteiger partial charge in [0.2, 0.25) is 0 Å². The van der Waals surface area contributed by atoms with Gasteiger partial charge in [0.05, 0.1) is 52.0 Å². The van der Waals surface area contributed by atoms with Gasteiger partial charge in [-0.1, -0.05) is 24.3 Å². The number of aromatic nitrogens is 4. The van der Waals surface area contributed by atoms with E-state index in [4.69, 9.17) is 33.6 Å². The van der Waals surface area contributed by atoms with Crippen molar-refractivity contribution in [3.8, 4) is 11.5 Å². The highest BCUT2D eigenvalue weighted by atomic mass is 32.2. The minimum absolute atomic E-state index is 0.0142. The summed E-state index contributed by atoms with van der Waals surface area (Å²) in [6, 6.07) is 17.8. The molecule has 4 heterocycles. The van der Waals surface area contributed by atoms with Crippen molar-refractivity contribution in [3.05, 3.63) is 83.2 Å². The van der Waals surface area contributed by atoms with Crippen LogP contribution in [0, 0.1) is 0 Å². The lowest BCUT2D eigenvalue weighted by molar-refractivity contribution is -0.206. The lowest BCUT2D eigenvalue weighted by Crippen LogP contribution is -2.49. The van der Waals surface area contributed by atoms with Gasteiger partial charge in [0.1, 0.15) is 11.5 Å². The van der Waals surface area contributed by atoms with Gasteiger partial charge in [0, 0.05) is 52.5 Å². The smallest absolute Gasteiger partial charge is 0.263 e. The zero-order chi connectivity index (χ0) is 37.7. The van der Waals surface area contributed by atoms with E-state index in [-0.39, 0.29) is 23.1 Å². The number of rotatable bonds is 15. The van der Waals surface area contributed by atoms with Crippen LogP contribution in [-0.4, -0.2) is 95.6 Å². The topological polar surface area (TPSA) is 189 Å². The summed E-state index contributed by atoms with van der Waals surface area (Å²) >= 11 is 0. The van der Waals surface area contributed by atoms with Crippen LogP contribution in [0.15, 0.2) is 70.7 Å². The van der Waals surface area contributed by atoms with Crippen LogP contribution in [0.2, 0.25) is 0 Å².